The van der Waals surface area contributed by atoms with Gasteiger partial charge < -0.3 is 9.84 Å². The van der Waals surface area contributed by atoms with Crippen molar-refractivity contribution in [3.05, 3.63) is 94.8 Å². The van der Waals surface area contributed by atoms with Crippen LogP contribution in [0.4, 0.5) is 5.69 Å². The number of rotatable bonds is 5. The minimum atomic E-state index is -0.844. The number of ether oxygens (including phenoxy) is 1. The number of aryl methyl sites for hydroxylation is 1. The van der Waals surface area contributed by atoms with Crippen LogP contribution in [0.3, 0.4) is 0 Å². The number of aromatic nitrogens is 1. The fourth-order valence-corrected chi connectivity index (χ4v) is 3.93. The van der Waals surface area contributed by atoms with Gasteiger partial charge in [-0.2, -0.15) is 0 Å². The molecule has 1 N–H and O–H groups in total. The van der Waals surface area contributed by atoms with Crippen molar-refractivity contribution in [1.29, 1.82) is 0 Å². The third-order valence-electron chi connectivity index (χ3n) is 5.69. The molecule has 6 heteroatoms. The Morgan fingerprint density at radius 2 is 1.78 bits per heavy atom. The topological polar surface area (TPSA) is 79.7 Å². The predicted molar refractivity (Wildman–Crippen MR) is 123 cm³/mol. The molecule has 1 aliphatic rings. The summed E-state index contributed by atoms with van der Waals surface area (Å²) in [4.78, 5) is 32.3. The maximum atomic E-state index is 13.2. The highest BCUT2D eigenvalue weighted by molar-refractivity contribution is 6.51. The summed E-state index contributed by atoms with van der Waals surface area (Å²) in [6, 6.07) is 16.8. The maximum absolute atomic E-state index is 13.2. The van der Waals surface area contributed by atoms with Crippen LogP contribution in [0.1, 0.15) is 35.3 Å². The van der Waals surface area contributed by atoms with E-state index >= 15 is 0 Å². The summed E-state index contributed by atoms with van der Waals surface area (Å²) in [6.07, 6.45) is 1.61. The van der Waals surface area contributed by atoms with Crippen molar-refractivity contribution in [2.24, 2.45) is 0 Å². The van der Waals surface area contributed by atoms with Gasteiger partial charge in [-0.25, -0.2) is 0 Å². The molecular weight excluding hydrogens is 404 g/mol. The number of nitrogens with zero attached hydrogens (tertiary/aromatic N) is 2. The second-order valence-corrected chi connectivity index (χ2v) is 7.60. The Hall–Kier alpha value is -3.93. The molecule has 0 aliphatic carbocycles. The van der Waals surface area contributed by atoms with E-state index in [1.54, 1.807) is 54.7 Å². The van der Waals surface area contributed by atoms with Crippen LogP contribution in [-0.2, 0) is 9.59 Å². The van der Waals surface area contributed by atoms with Crippen molar-refractivity contribution >= 4 is 23.1 Å². The molecule has 4 rings (SSSR count). The lowest BCUT2D eigenvalue weighted by molar-refractivity contribution is -0.132. The highest BCUT2D eigenvalue weighted by Crippen LogP contribution is 2.42. The summed E-state index contributed by atoms with van der Waals surface area (Å²) in [5.41, 5.74) is 3.44. The van der Waals surface area contributed by atoms with E-state index in [-0.39, 0.29) is 11.3 Å². The van der Waals surface area contributed by atoms with E-state index in [0.29, 0.717) is 29.3 Å². The van der Waals surface area contributed by atoms with Gasteiger partial charge in [0, 0.05) is 17.4 Å². The molecule has 1 fully saturated rings. The molecule has 162 valence electrons. The number of Topliss-reactive ketones (excluding diaryl/α,β-unsaturated/α-hetero) is 1. The molecule has 1 unspecified atom stereocenters. The standard InChI is InChI=1S/C26H24N2O4/c1-4-32-19-13-11-18(12-14-19)24(29)22-23(20-9-5-6-15-27-20)28(26(31)25(22)30)21-10-7-8-16(2)17(21)3/h5-15,23,29H,4H2,1-3H3/b24-22+. The molecule has 1 atom stereocenters. The molecule has 3 aromatic rings. The lowest BCUT2D eigenvalue weighted by Gasteiger charge is -2.26. The van der Waals surface area contributed by atoms with Gasteiger partial charge in [-0.1, -0.05) is 18.2 Å². The highest BCUT2D eigenvalue weighted by Gasteiger charge is 2.48. The summed E-state index contributed by atoms with van der Waals surface area (Å²) in [7, 11) is 0. The van der Waals surface area contributed by atoms with E-state index in [0.717, 1.165) is 11.1 Å². The number of pyridine rings is 1. The van der Waals surface area contributed by atoms with Crippen molar-refractivity contribution in [1.82, 2.24) is 4.98 Å². The van der Waals surface area contributed by atoms with E-state index in [9.17, 15) is 14.7 Å². The SMILES string of the molecule is CCOc1ccc(/C(O)=C2\C(=O)C(=O)N(c3cccc(C)c3C)C2c2ccccn2)cc1. The van der Waals surface area contributed by atoms with Gasteiger partial charge in [-0.15, -0.1) is 0 Å². The Bertz CT molecular complexity index is 1200. The number of aliphatic hydroxyl groups is 1. The Morgan fingerprint density at radius 1 is 1.03 bits per heavy atom. The Kier molecular flexibility index (Phi) is 5.77. The largest absolute Gasteiger partial charge is 0.507 e. The fourth-order valence-electron chi connectivity index (χ4n) is 3.93. The zero-order valence-corrected chi connectivity index (χ0v) is 18.2. The summed E-state index contributed by atoms with van der Waals surface area (Å²) >= 11 is 0. The first-order chi connectivity index (χ1) is 15.4. The van der Waals surface area contributed by atoms with E-state index in [4.69, 9.17) is 4.74 Å². The van der Waals surface area contributed by atoms with Gasteiger partial charge in [0.25, 0.3) is 11.7 Å². The molecule has 32 heavy (non-hydrogen) atoms. The molecule has 0 radical (unpaired) electrons. The maximum Gasteiger partial charge on any atom is 0.300 e. The number of carbonyl (C=O) groups is 2. The van der Waals surface area contributed by atoms with Gasteiger partial charge in [0.2, 0.25) is 0 Å². The Balaban J connectivity index is 1.91. The van der Waals surface area contributed by atoms with Crippen LogP contribution in [0.15, 0.2) is 72.4 Å². The molecule has 0 saturated carbocycles. The third kappa shape index (κ3) is 3.64. The number of anilines is 1. The molecule has 2 heterocycles. The molecule has 1 saturated heterocycles. The zero-order chi connectivity index (χ0) is 22.8. The first kappa shape index (κ1) is 21.3. The van der Waals surface area contributed by atoms with Gasteiger partial charge >= 0.3 is 0 Å². The molecule has 0 bridgehead atoms. The van der Waals surface area contributed by atoms with Crippen molar-refractivity contribution in [2.45, 2.75) is 26.8 Å². The Labute approximate surface area is 186 Å². The molecule has 1 amide bonds. The van der Waals surface area contributed by atoms with E-state index in [1.165, 1.54) is 4.90 Å². The summed E-state index contributed by atoms with van der Waals surface area (Å²) < 4.78 is 5.46. The van der Waals surface area contributed by atoms with Crippen LogP contribution >= 0.6 is 0 Å². The van der Waals surface area contributed by atoms with Crippen LogP contribution in [0.25, 0.3) is 5.76 Å². The first-order valence-electron chi connectivity index (χ1n) is 10.5. The van der Waals surface area contributed by atoms with E-state index < -0.39 is 17.7 Å². The number of hydrogen-bond acceptors (Lipinski definition) is 5. The lowest BCUT2D eigenvalue weighted by atomic mass is 9.97. The number of ketones is 1. The average molecular weight is 428 g/mol. The highest BCUT2D eigenvalue weighted by atomic mass is 16.5. The second kappa shape index (κ2) is 8.67. The molecule has 1 aromatic heterocycles. The van der Waals surface area contributed by atoms with Gasteiger partial charge in [0.05, 0.1) is 17.9 Å². The van der Waals surface area contributed by atoms with Crippen LogP contribution in [0.5, 0.6) is 5.75 Å². The molecule has 0 spiro atoms. The minimum Gasteiger partial charge on any atom is -0.507 e. The van der Waals surface area contributed by atoms with Gasteiger partial charge in [-0.05, 0) is 74.4 Å². The zero-order valence-electron chi connectivity index (χ0n) is 18.2. The van der Waals surface area contributed by atoms with Crippen molar-refractivity contribution in [3.63, 3.8) is 0 Å². The van der Waals surface area contributed by atoms with Gasteiger partial charge in [0.15, 0.2) is 0 Å². The van der Waals surface area contributed by atoms with Crippen LogP contribution in [0.2, 0.25) is 0 Å². The number of amides is 1. The molecule has 2 aromatic carbocycles. The molecule has 1 aliphatic heterocycles. The number of benzene rings is 2. The van der Waals surface area contributed by atoms with Gasteiger partial charge in [-0.3, -0.25) is 19.5 Å². The first-order valence-corrected chi connectivity index (χ1v) is 10.5. The monoisotopic (exact) mass is 428 g/mol. The normalized spacial score (nSPS) is 17.6. The van der Waals surface area contributed by atoms with E-state index in [2.05, 4.69) is 4.98 Å². The number of aliphatic hydroxyl groups excluding tert-OH is 1. The minimum absolute atomic E-state index is 0.0127. The second-order valence-electron chi connectivity index (χ2n) is 7.60. The van der Waals surface area contributed by atoms with Gasteiger partial charge in [0.1, 0.15) is 17.6 Å². The summed E-state index contributed by atoms with van der Waals surface area (Å²) in [5, 5.41) is 11.2. The predicted octanol–water partition coefficient (Wildman–Crippen LogP) is 4.72. The smallest absolute Gasteiger partial charge is 0.300 e. The van der Waals surface area contributed by atoms with Crippen molar-refractivity contribution < 1.29 is 19.4 Å². The third-order valence-corrected chi connectivity index (χ3v) is 5.69. The summed E-state index contributed by atoms with van der Waals surface area (Å²) in [5.74, 6) is -1.02. The number of carbonyl (C=O) groups excluding carboxylic acids is 2. The molecular formula is C26H24N2O4. The van der Waals surface area contributed by atoms with Crippen LogP contribution < -0.4 is 9.64 Å². The average Bonchev–Trinajstić information content (AvgIpc) is 3.07. The quantitative estimate of drug-likeness (QED) is 0.361. The molecule has 6 nitrogen and oxygen atoms in total. The Morgan fingerprint density at radius 3 is 2.44 bits per heavy atom. The number of hydrogen-bond donors (Lipinski definition) is 1. The lowest BCUT2D eigenvalue weighted by Crippen LogP contribution is -2.30. The van der Waals surface area contributed by atoms with Crippen molar-refractivity contribution in [3.8, 4) is 5.75 Å². The fraction of sp³-hybridized carbons (Fsp3) is 0.192. The summed E-state index contributed by atoms with van der Waals surface area (Å²) in [6.45, 7) is 6.26. The van der Waals surface area contributed by atoms with Crippen LogP contribution in [0, 0.1) is 13.8 Å². The van der Waals surface area contributed by atoms with Crippen LogP contribution in [-0.4, -0.2) is 28.4 Å². The van der Waals surface area contributed by atoms with Crippen molar-refractivity contribution in [2.75, 3.05) is 11.5 Å². The van der Waals surface area contributed by atoms with E-state index in [1.807, 2.05) is 32.9 Å².